The minimum atomic E-state index is -3.81. The van der Waals surface area contributed by atoms with Crippen molar-refractivity contribution in [1.82, 2.24) is 5.32 Å². The van der Waals surface area contributed by atoms with Crippen molar-refractivity contribution >= 4 is 21.7 Å². The Morgan fingerprint density at radius 1 is 1.14 bits per heavy atom. The molecule has 0 radical (unpaired) electrons. The Labute approximate surface area is 171 Å². The van der Waals surface area contributed by atoms with E-state index < -0.39 is 10.2 Å². The molecule has 0 spiro atoms. The van der Waals surface area contributed by atoms with Crippen molar-refractivity contribution in [2.45, 2.75) is 26.0 Å². The van der Waals surface area contributed by atoms with Crippen molar-refractivity contribution in [1.29, 1.82) is 0 Å². The molecule has 0 aromatic heterocycles. The van der Waals surface area contributed by atoms with Crippen molar-refractivity contribution in [3.63, 3.8) is 0 Å². The standard InChI is InChI=1S/C20H26N4O4S/c1-20(2,22-11-12-27-13-15-7-4-3-5-8-15)14-28-17-10-6-9-16-18(17)19(21)24-29(25,26)23-16/h3-10,22-23H,11-14H2,1-2H3,(H2,21,24). The average molecular weight is 419 g/mol. The minimum Gasteiger partial charge on any atom is -0.491 e. The van der Waals surface area contributed by atoms with E-state index in [0.29, 0.717) is 43.4 Å². The summed E-state index contributed by atoms with van der Waals surface area (Å²) in [6.07, 6.45) is 0. The van der Waals surface area contributed by atoms with Crippen LogP contribution < -0.4 is 20.5 Å². The van der Waals surface area contributed by atoms with Crippen LogP contribution in [0.25, 0.3) is 0 Å². The predicted molar refractivity (Wildman–Crippen MR) is 113 cm³/mol. The lowest BCUT2D eigenvalue weighted by Gasteiger charge is -2.27. The Morgan fingerprint density at radius 2 is 1.90 bits per heavy atom. The van der Waals surface area contributed by atoms with Gasteiger partial charge in [0.1, 0.15) is 12.4 Å². The topological polar surface area (TPSA) is 115 Å². The molecule has 2 aromatic rings. The zero-order chi connectivity index (χ0) is 20.9. The van der Waals surface area contributed by atoms with Gasteiger partial charge in [-0.3, -0.25) is 4.72 Å². The van der Waals surface area contributed by atoms with Gasteiger partial charge in [0.2, 0.25) is 0 Å². The SMILES string of the molecule is CC(C)(COc1cccc2c1C(N)=NS(=O)(=O)N2)NCCOCc1ccccc1. The number of nitrogens with one attached hydrogen (secondary N) is 2. The second-order valence-corrected chi connectivity index (χ2v) is 8.71. The highest BCUT2D eigenvalue weighted by Gasteiger charge is 2.25. The number of anilines is 1. The number of nitrogens with zero attached hydrogens (tertiary/aromatic N) is 1. The lowest BCUT2D eigenvalue weighted by Crippen LogP contribution is -2.46. The molecule has 0 unspecified atom stereocenters. The number of hydrogen-bond acceptors (Lipinski definition) is 6. The normalized spacial score (nSPS) is 15.2. The number of hydrogen-bond donors (Lipinski definition) is 3. The number of rotatable bonds is 9. The van der Waals surface area contributed by atoms with Gasteiger partial charge in [0.05, 0.1) is 24.5 Å². The van der Waals surface area contributed by atoms with Crippen molar-refractivity contribution in [2.75, 3.05) is 24.5 Å². The molecule has 9 heteroatoms. The number of amidine groups is 1. The molecular weight excluding hydrogens is 392 g/mol. The Hall–Kier alpha value is -2.62. The Bertz CT molecular complexity index is 975. The van der Waals surface area contributed by atoms with Gasteiger partial charge in [-0.05, 0) is 31.5 Å². The lowest BCUT2D eigenvalue weighted by molar-refractivity contribution is 0.111. The summed E-state index contributed by atoms with van der Waals surface area (Å²) in [6, 6.07) is 15.1. The van der Waals surface area contributed by atoms with Crippen LogP contribution in [0.2, 0.25) is 0 Å². The number of fused-ring (bicyclic) bond motifs is 1. The van der Waals surface area contributed by atoms with Crippen molar-refractivity contribution in [2.24, 2.45) is 10.1 Å². The molecule has 0 saturated heterocycles. The van der Waals surface area contributed by atoms with Crippen LogP contribution >= 0.6 is 0 Å². The van der Waals surface area contributed by atoms with E-state index in [1.165, 1.54) is 0 Å². The van der Waals surface area contributed by atoms with E-state index in [9.17, 15) is 8.42 Å². The van der Waals surface area contributed by atoms with E-state index in [1.54, 1.807) is 18.2 Å². The fraction of sp³-hybridized carbons (Fsp3) is 0.350. The molecule has 8 nitrogen and oxygen atoms in total. The zero-order valence-electron chi connectivity index (χ0n) is 16.5. The first-order chi connectivity index (χ1) is 13.8. The summed E-state index contributed by atoms with van der Waals surface area (Å²) in [4.78, 5) is 0. The van der Waals surface area contributed by atoms with Gasteiger partial charge in [-0.25, -0.2) is 0 Å². The first-order valence-electron chi connectivity index (χ1n) is 9.27. The molecule has 2 aromatic carbocycles. The Morgan fingerprint density at radius 3 is 2.66 bits per heavy atom. The Kier molecular flexibility index (Phi) is 6.41. The summed E-state index contributed by atoms with van der Waals surface area (Å²) in [5.41, 5.74) is 7.45. The van der Waals surface area contributed by atoms with Crippen LogP contribution in [0, 0.1) is 0 Å². The third-order valence-electron chi connectivity index (χ3n) is 4.29. The number of ether oxygens (including phenoxy) is 2. The third-order valence-corrected chi connectivity index (χ3v) is 5.20. The van der Waals surface area contributed by atoms with E-state index in [0.717, 1.165) is 5.56 Å². The second kappa shape index (κ2) is 8.81. The molecule has 0 bridgehead atoms. The van der Waals surface area contributed by atoms with Crippen LogP contribution in [-0.4, -0.2) is 39.6 Å². The molecular formula is C20H26N4O4S. The van der Waals surface area contributed by atoms with E-state index in [4.69, 9.17) is 15.2 Å². The maximum atomic E-state index is 11.7. The van der Waals surface area contributed by atoms with E-state index >= 15 is 0 Å². The predicted octanol–water partition coefficient (Wildman–Crippen LogP) is 2.03. The van der Waals surface area contributed by atoms with Crippen molar-refractivity contribution in [3.8, 4) is 5.75 Å². The molecule has 4 N–H and O–H groups in total. The highest BCUT2D eigenvalue weighted by Crippen LogP contribution is 2.30. The molecule has 0 amide bonds. The maximum Gasteiger partial charge on any atom is 0.344 e. The summed E-state index contributed by atoms with van der Waals surface area (Å²) in [6.45, 7) is 6.19. The summed E-state index contributed by atoms with van der Waals surface area (Å²) in [7, 11) is -3.81. The second-order valence-electron chi connectivity index (χ2n) is 7.37. The largest absolute Gasteiger partial charge is 0.491 e. The van der Waals surface area contributed by atoms with E-state index in [1.807, 2.05) is 44.2 Å². The summed E-state index contributed by atoms with van der Waals surface area (Å²) >= 11 is 0. The molecule has 1 aliphatic rings. The van der Waals surface area contributed by atoms with E-state index in [2.05, 4.69) is 14.4 Å². The quantitative estimate of drug-likeness (QED) is 0.537. The molecule has 0 saturated carbocycles. The number of benzene rings is 2. The van der Waals surface area contributed by atoms with Crippen LogP contribution in [0.5, 0.6) is 5.75 Å². The summed E-state index contributed by atoms with van der Waals surface area (Å²) in [5, 5.41) is 3.40. The lowest BCUT2D eigenvalue weighted by atomic mass is 10.1. The molecule has 0 atom stereocenters. The molecule has 1 aliphatic heterocycles. The van der Waals surface area contributed by atoms with Crippen molar-refractivity contribution in [3.05, 3.63) is 59.7 Å². The van der Waals surface area contributed by atoms with Crippen LogP contribution in [0.1, 0.15) is 25.0 Å². The highest BCUT2D eigenvalue weighted by atomic mass is 32.2. The van der Waals surface area contributed by atoms with Gasteiger partial charge in [0, 0.05) is 12.1 Å². The molecule has 3 rings (SSSR count). The number of nitrogens with two attached hydrogens (primary N) is 1. The molecule has 0 aliphatic carbocycles. The molecule has 0 fully saturated rings. The van der Waals surface area contributed by atoms with Gasteiger partial charge in [-0.15, -0.1) is 4.40 Å². The Balaban J connectivity index is 1.50. The molecule has 29 heavy (non-hydrogen) atoms. The molecule has 156 valence electrons. The van der Waals surface area contributed by atoms with Crippen LogP contribution in [0.3, 0.4) is 0 Å². The van der Waals surface area contributed by atoms with Gasteiger partial charge >= 0.3 is 10.2 Å². The first-order valence-corrected chi connectivity index (χ1v) is 10.7. The van der Waals surface area contributed by atoms with Gasteiger partial charge in [0.25, 0.3) is 0 Å². The zero-order valence-corrected chi connectivity index (χ0v) is 17.3. The first kappa shape index (κ1) is 21.1. The van der Waals surface area contributed by atoms with Gasteiger partial charge in [-0.2, -0.15) is 8.42 Å². The van der Waals surface area contributed by atoms with Gasteiger partial charge in [0.15, 0.2) is 5.84 Å². The fourth-order valence-corrected chi connectivity index (χ4v) is 3.72. The highest BCUT2D eigenvalue weighted by molar-refractivity contribution is 7.91. The average Bonchev–Trinajstić information content (AvgIpc) is 2.65. The summed E-state index contributed by atoms with van der Waals surface area (Å²) in [5.74, 6) is 0.385. The third kappa shape index (κ3) is 5.93. The minimum absolute atomic E-state index is 0.0885. The smallest absolute Gasteiger partial charge is 0.344 e. The van der Waals surface area contributed by atoms with E-state index in [-0.39, 0.29) is 11.4 Å². The van der Waals surface area contributed by atoms with Crippen LogP contribution in [-0.2, 0) is 21.6 Å². The van der Waals surface area contributed by atoms with Gasteiger partial charge in [-0.1, -0.05) is 36.4 Å². The van der Waals surface area contributed by atoms with Crippen molar-refractivity contribution < 1.29 is 17.9 Å². The van der Waals surface area contributed by atoms with Crippen LogP contribution in [0.15, 0.2) is 52.9 Å². The molecule has 1 heterocycles. The monoisotopic (exact) mass is 418 g/mol. The fourth-order valence-electron chi connectivity index (χ4n) is 2.87. The van der Waals surface area contributed by atoms with Crippen LogP contribution in [0.4, 0.5) is 5.69 Å². The maximum absolute atomic E-state index is 11.7. The summed E-state index contributed by atoms with van der Waals surface area (Å²) < 4.78 is 40.8. The van der Waals surface area contributed by atoms with Gasteiger partial charge < -0.3 is 20.5 Å².